The second-order valence-electron chi connectivity index (χ2n) is 5.44. The summed E-state index contributed by atoms with van der Waals surface area (Å²) in [7, 11) is 1.75. The predicted molar refractivity (Wildman–Crippen MR) is 89.8 cm³/mol. The van der Waals surface area contributed by atoms with Crippen LogP contribution in [0.1, 0.15) is 18.1 Å². The fourth-order valence-corrected chi connectivity index (χ4v) is 2.07. The number of nitrogens with one attached hydrogen (secondary N) is 2. The molecule has 5 nitrogen and oxygen atoms in total. The predicted octanol–water partition coefficient (Wildman–Crippen LogP) is 1.86. The van der Waals surface area contributed by atoms with Gasteiger partial charge in [-0.2, -0.15) is 0 Å². The molecule has 0 radical (unpaired) electrons. The van der Waals surface area contributed by atoms with Gasteiger partial charge in [-0.25, -0.2) is 0 Å². The lowest BCUT2D eigenvalue weighted by Crippen LogP contribution is -2.46. The van der Waals surface area contributed by atoms with Crippen molar-refractivity contribution in [1.29, 1.82) is 0 Å². The van der Waals surface area contributed by atoms with Crippen LogP contribution in [0, 0.1) is 13.8 Å². The molecule has 2 N–H and O–H groups in total. The van der Waals surface area contributed by atoms with Crippen LogP contribution in [-0.2, 0) is 9.59 Å². The fourth-order valence-electron chi connectivity index (χ4n) is 2.07. The highest BCUT2D eigenvalue weighted by atomic mass is 16.2. The van der Waals surface area contributed by atoms with Crippen molar-refractivity contribution in [2.75, 3.05) is 25.5 Å². The van der Waals surface area contributed by atoms with Gasteiger partial charge in [-0.05, 0) is 38.9 Å². The van der Waals surface area contributed by atoms with Crippen LogP contribution in [0.15, 0.2) is 30.9 Å². The van der Waals surface area contributed by atoms with Gasteiger partial charge in [-0.15, -0.1) is 6.58 Å². The van der Waals surface area contributed by atoms with Crippen molar-refractivity contribution in [3.8, 4) is 0 Å². The number of benzene rings is 1. The zero-order valence-electron chi connectivity index (χ0n) is 13.8. The van der Waals surface area contributed by atoms with E-state index in [0.717, 1.165) is 16.8 Å². The summed E-state index contributed by atoms with van der Waals surface area (Å²) in [6.07, 6.45) is 1.62. The average Bonchev–Trinajstić information content (AvgIpc) is 2.47. The van der Waals surface area contributed by atoms with Crippen LogP contribution in [0.2, 0.25) is 0 Å². The van der Waals surface area contributed by atoms with Crippen LogP contribution in [0.5, 0.6) is 0 Å². The smallest absolute Gasteiger partial charge is 0.238 e. The molecule has 0 heterocycles. The third-order valence-corrected chi connectivity index (χ3v) is 3.60. The minimum atomic E-state index is -0.385. The largest absolute Gasteiger partial charge is 0.351 e. The zero-order valence-corrected chi connectivity index (χ0v) is 13.8. The van der Waals surface area contributed by atoms with Gasteiger partial charge in [0, 0.05) is 12.2 Å². The number of hydrogen-bond acceptors (Lipinski definition) is 3. The van der Waals surface area contributed by atoms with Crippen molar-refractivity contribution in [3.63, 3.8) is 0 Å². The maximum atomic E-state index is 12.2. The second kappa shape index (κ2) is 8.34. The van der Waals surface area contributed by atoms with E-state index in [1.165, 1.54) is 0 Å². The Labute approximate surface area is 132 Å². The fraction of sp³-hybridized carbons (Fsp3) is 0.412. The molecule has 120 valence electrons. The zero-order chi connectivity index (χ0) is 16.7. The number of hydrogen-bond donors (Lipinski definition) is 2. The first-order valence-corrected chi connectivity index (χ1v) is 7.31. The monoisotopic (exact) mass is 303 g/mol. The van der Waals surface area contributed by atoms with Gasteiger partial charge in [0.15, 0.2) is 0 Å². The Balaban J connectivity index is 2.61. The molecule has 2 amide bonds. The number of carbonyl (C=O) groups is 2. The van der Waals surface area contributed by atoms with Gasteiger partial charge < -0.3 is 10.6 Å². The van der Waals surface area contributed by atoms with Crippen molar-refractivity contribution in [2.24, 2.45) is 0 Å². The number of anilines is 1. The lowest BCUT2D eigenvalue weighted by Gasteiger charge is -2.23. The lowest BCUT2D eigenvalue weighted by molar-refractivity contribution is -0.126. The number of amides is 2. The highest BCUT2D eigenvalue weighted by molar-refractivity contribution is 5.94. The van der Waals surface area contributed by atoms with E-state index in [1.54, 1.807) is 24.9 Å². The normalized spacial score (nSPS) is 11.9. The summed E-state index contributed by atoms with van der Waals surface area (Å²) in [4.78, 5) is 25.7. The van der Waals surface area contributed by atoms with Gasteiger partial charge in [0.25, 0.3) is 0 Å². The molecule has 22 heavy (non-hydrogen) atoms. The minimum Gasteiger partial charge on any atom is -0.351 e. The van der Waals surface area contributed by atoms with E-state index in [-0.39, 0.29) is 24.4 Å². The Hall–Kier alpha value is -2.14. The molecule has 1 aromatic carbocycles. The first-order valence-electron chi connectivity index (χ1n) is 7.31. The third-order valence-electron chi connectivity index (χ3n) is 3.60. The molecule has 0 saturated carbocycles. The third kappa shape index (κ3) is 5.00. The van der Waals surface area contributed by atoms with E-state index in [2.05, 4.69) is 17.2 Å². The van der Waals surface area contributed by atoms with E-state index in [0.29, 0.717) is 6.54 Å². The maximum absolute atomic E-state index is 12.2. The SMILES string of the molecule is C=CCNC(=O)C(C)N(C)CC(=O)Nc1c(C)cccc1C. The Morgan fingerprint density at radius 2 is 1.91 bits per heavy atom. The second-order valence-corrected chi connectivity index (χ2v) is 5.44. The van der Waals surface area contributed by atoms with Gasteiger partial charge in [-0.1, -0.05) is 24.3 Å². The molecule has 0 aliphatic heterocycles. The lowest BCUT2D eigenvalue weighted by atomic mass is 10.1. The van der Waals surface area contributed by atoms with Crippen molar-refractivity contribution >= 4 is 17.5 Å². The molecular formula is C17H25N3O2. The summed E-state index contributed by atoms with van der Waals surface area (Å²) in [6.45, 7) is 9.81. The van der Waals surface area contributed by atoms with E-state index >= 15 is 0 Å². The van der Waals surface area contributed by atoms with Crippen LogP contribution in [0.4, 0.5) is 5.69 Å². The van der Waals surface area contributed by atoms with Crippen molar-refractivity contribution in [2.45, 2.75) is 26.8 Å². The quantitative estimate of drug-likeness (QED) is 0.756. The van der Waals surface area contributed by atoms with E-state index in [1.807, 2.05) is 32.0 Å². The molecule has 1 rings (SSSR count). The Morgan fingerprint density at radius 3 is 2.45 bits per heavy atom. The molecule has 0 aliphatic rings. The first kappa shape index (κ1) is 17.9. The Kier molecular flexibility index (Phi) is 6.79. The maximum Gasteiger partial charge on any atom is 0.238 e. The molecule has 0 aromatic heterocycles. The molecular weight excluding hydrogens is 278 g/mol. The summed E-state index contributed by atoms with van der Waals surface area (Å²) in [5.74, 6) is -0.259. The number of para-hydroxylation sites is 1. The molecule has 1 aromatic rings. The summed E-state index contributed by atoms with van der Waals surface area (Å²) in [5, 5.41) is 5.64. The Morgan fingerprint density at radius 1 is 1.32 bits per heavy atom. The summed E-state index contributed by atoms with van der Waals surface area (Å²) in [6, 6.07) is 5.48. The van der Waals surface area contributed by atoms with Crippen molar-refractivity contribution in [3.05, 3.63) is 42.0 Å². The number of nitrogens with zero attached hydrogens (tertiary/aromatic N) is 1. The molecule has 0 saturated heterocycles. The van der Waals surface area contributed by atoms with Crippen molar-refractivity contribution in [1.82, 2.24) is 10.2 Å². The van der Waals surface area contributed by atoms with Crippen LogP contribution in [0.25, 0.3) is 0 Å². The van der Waals surface area contributed by atoms with Crippen molar-refractivity contribution < 1.29 is 9.59 Å². The summed E-state index contributed by atoms with van der Waals surface area (Å²) >= 11 is 0. The van der Waals surface area contributed by atoms with Gasteiger partial charge in [0.1, 0.15) is 0 Å². The summed E-state index contributed by atoms with van der Waals surface area (Å²) in [5.41, 5.74) is 2.88. The summed E-state index contributed by atoms with van der Waals surface area (Å²) < 4.78 is 0. The molecule has 0 fully saturated rings. The minimum absolute atomic E-state index is 0.123. The van der Waals surface area contributed by atoms with Gasteiger partial charge in [0.05, 0.1) is 12.6 Å². The topological polar surface area (TPSA) is 61.4 Å². The van der Waals surface area contributed by atoms with Gasteiger partial charge in [-0.3, -0.25) is 14.5 Å². The van der Waals surface area contributed by atoms with E-state index < -0.39 is 0 Å². The molecule has 0 bridgehead atoms. The highest BCUT2D eigenvalue weighted by Gasteiger charge is 2.19. The first-order chi connectivity index (χ1) is 10.4. The number of aryl methyl sites for hydroxylation is 2. The Bertz CT molecular complexity index is 535. The van der Waals surface area contributed by atoms with Crippen LogP contribution >= 0.6 is 0 Å². The van der Waals surface area contributed by atoms with E-state index in [9.17, 15) is 9.59 Å². The molecule has 1 atom stereocenters. The highest BCUT2D eigenvalue weighted by Crippen LogP contribution is 2.19. The number of likely N-dealkylation sites (N-methyl/N-ethyl adjacent to an activating group) is 1. The van der Waals surface area contributed by atoms with Crippen LogP contribution in [0.3, 0.4) is 0 Å². The van der Waals surface area contributed by atoms with Crippen LogP contribution in [-0.4, -0.2) is 42.9 Å². The molecule has 0 aliphatic carbocycles. The number of carbonyl (C=O) groups excluding carboxylic acids is 2. The molecule has 5 heteroatoms. The van der Waals surface area contributed by atoms with Gasteiger partial charge in [0.2, 0.25) is 11.8 Å². The molecule has 1 unspecified atom stereocenters. The molecule has 0 spiro atoms. The standard InChI is InChI=1S/C17H25N3O2/c1-6-10-18-17(22)14(4)20(5)11-15(21)19-16-12(2)8-7-9-13(16)3/h6-9,14H,1,10-11H2,2-5H3,(H,18,22)(H,19,21). The number of rotatable bonds is 7. The van der Waals surface area contributed by atoms with Crippen LogP contribution < -0.4 is 10.6 Å². The van der Waals surface area contributed by atoms with E-state index in [4.69, 9.17) is 0 Å². The van der Waals surface area contributed by atoms with Gasteiger partial charge >= 0.3 is 0 Å². The average molecular weight is 303 g/mol.